The maximum absolute atomic E-state index is 14.0. The maximum atomic E-state index is 14.0. The summed E-state index contributed by atoms with van der Waals surface area (Å²) in [4.78, 5) is 0. The van der Waals surface area contributed by atoms with Crippen molar-refractivity contribution in [1.82, 2.24) is 0 Å². The van der Waals surface area contributed by atoms with E-state index in [4.69, 9.17) is 0 Å². The maximum Gasteiger partial charge on any atom is 0.573 e. The minimum atomic E-state index is -5.11. The molecule has 0 aliphatic heterocycles. The molecule has 0 heterocycles. The van der Waals surface area contributed by atoms with Gasteiger partial charge < -0.3 is 4.74 Å². The van der Waals surface area contributed by atoms with Gasteiger partial charge in [-0.25, -0.2) is 8.78 Å². The molecule has 0 radical (unpaired) electrons. The lowest BCUT2D eigenvalue weighted by Crippen LogP contribution is -2.25. The summed E-state index contributed by atoms with van der Waals surface area (Å²) in [6, 6.07) is 2.02. The van der Waals surface area contributed by atoms with Crippen LogP contribution in [0.4, 0.5) is 22.0 Å². The average Bonchev–Trinajstić information content (AvgIpc) is 2.69. The Morgan fingerprint density at radius 2 is 1.38 bits per heavy atom. The predicted molar refractivity (Wildman–Crippen MR) is 103 cm³/mol. The topological polar surface area (TPSA) is 9.23 Å². The van der Waals surface area contributed by atoms with Crippen LogP contribution in [0.2, 0.25) is 0 Å². The first-order valence-corrected chi connectivity index (χ1v) is 11.0. The van der Waals surface area contributed by atoms with Gasteiger partial charge in [-0.05, 0) is 79.9 Å². The minimum absolute atomic E-state index is 0.00363. The fourth-order valence-electron chi connectivity index (χ4n) is 5.39. The van der Waals surface area contributed by atoms with Gasteiger partial charge in [-0.2, -0.15) is 0 Å². The summed E-state index contributed by atoms with van der Waals surface area (Å²) in [6.45, 7) is 2.23. The van der Waals surface area contributed by atoms with Crippen molar-refractivity contribution in [2.45, 2.75) is 89.8 Å². The van der Waals surface area contributed by atoms with E-state index in [9.17, 15) is 22.0 Å². The molecule has 2 aliphatic carbocycles. The van der Waals surface area contributed by atoms with Gasteiger partial charge in [0.2, 0.25) is 5.75 Å². The van der Waals surface area contributed by atoms with Crippen LogP contribution in [-0.4, -0.2) is 6.36 Å². The smallest absolute Gasteiger partial charge is 0.399 e. The Hall–Kier alpha value is -1.33. The lowest BCUT2D eigenvalue weighted by atomic mass is 9.68. The third-order valence-electron chi connectivity index (χ3n) is 7.01. The van der Waals surface area contributed by atoms with E-state index in [0.717, 1.165) is 49.7 Å². The molecular formula is C23H31F5O. The van der Waals surface area contributed by atoms with Crippen LogP contribution in [0.25, 0.3) is 0 Å². The molecule has 0 aromatic heterocycles. The highest BCUT2D eigenvalue weighted by atomic mass is 19.4. The first kappa shape index (κ1) is 22.4. The highest BCUT2D eigenvalue weighted by Crippen LogP contribution is 2.45. The zero-order valence-electron chi connectivity index (χ0n) is 17.0. The highest BCUT2D eigenvalue weighted by Gasteiger charge is 2.35. The second kappa shape index (κ2) is 9.65. The summed E-state index contributed by atoms with van der Waals surface area (Å²) in [6.07, 6.45) is 7.75. The Morgan fingerprint density at radius 1 is 0.862 bits per heavy atom. The molecule has 3 rings (SSSR count). The van der Waals surface area contributed by atoms with Crippen molar-refractivity contribution in [2.75, 3.05) is 0 Å². The molecule has 1 aromatic carbocycles. The summed E-state index contributed by atoms with van der Waals surface area (Å²) in [5, 5.41) is 0. The second-order valence-corrected chi connectivity index (χ2v) is 8.90. The summed E-state index contributed by atoms with van der Waals surface area (Å²) in [5.74, 6) is -1.64. The van der Waals surface area contributed by atoms with Crippen LogP contribution in [-0.2, 0) is 0 Å². The molecule has 2 fully saturated rings. The molecule has 0 saturated heterocycles. The summed E-state index contributed by atoms with van der Waals surface area (Å²) >= 11 is 0. The van der Waals surface area contributed by atoms with Gasteiger partial charge in [-0.15, -0.1) is 13.2 Å². The van der Waals surface area contributed by atoms with Gasteiger partial charge in [-0.1, -0.05) is 39.0 Å². The number of benzene rings is 1. The zero-order chi connectivity index (χ0) is 21.0. The van der Waals surface area contributed by atoms with E-state index in [1.165, 1.54) is 44.9 Å². The van der Waals surface area contributed by atoms with Gasteiger partial charge in [0.1, 0.15) is 0 Å². The number of ether oxygens (including phenoxy) is 1. The van der Waals surface area contributed by atoms with Crippen molar-refractivity contribution in [1.29, 1.82) is 0 Å². The fraction of sp³-hybridized carbons (Fsp3) is 0.739. The standard InChI is InChI=1S/C23H31F5O/c1-2-3-4-15-5-7-16(8-6-15)17-9-11-18(12-10-17)19-13-20(24)22(21(25)14-19)29-23(26,27)28/h13-18H,2-12H2,1H3. The lowest BCUT2D eigenvalue weighted by Gasteiger charge is -2.38. The normalized spacial score (nSPS) is 28.3. The quantitative estimate of drug-likeness (QED) is 0.424. The van der Waals surface area contributed by atoms with Crippen LogP contribution in [0, 0.1) is 29.4 Å². The van der Waals surface area contributed by atoms with Gasteiger partial charge in [0.05, 0.1) is 0 Å². The third-order valence-corrected chi connectivity index (χ3v) is 7.01. The van der Waals surface area contributed by atoms with Crippen molar-refractivity contribution in [3.8, 4) is 5.75 Å². The van der Waals surface area contributed by atoms with Gasteiger partial charge in [0.15, 0.2) is 11.6 Å². The van der Waals surface area contributed by atoms with Crippen LogP contribution in [0.15, 0.2) is 12.1 Å². The zero-order valence-corrected chi connectivity index (χ0v) is 17.0. The number of alkyl halides is 3. The van der Waals surface area contributed by atoms with E-state index >= 15 is 0 Å². The van der Waals surface area contributed by atoms with E-state index in [0.29, 0.717) is 11.5 Å². The molecule has 1 nitrogen and oxygen atoms in total. The van der Waals surface area contributed by atoms with Crippen LogP contribution in [0.5, 0.6) is 5.75 Å². The Labute approximate surface area is 170 Å². The van der Waals surface area contributed by atoms with Gasteiger partial charge in [0.25, 0.3) is 0 Å². The summed E-state index contributed by atoms with van der Waals surface area (Å²) in [7, 11) is 0. The second-order valence-electron chi connectivity index (χ2n) is 8.90. The number of rotatable bonds is 6. The Bertz CT molecular complexity index is 633. The molecule has 29 heavy (non-hydrogen) atoms. The van der Waals surface area contributed by atoms with E-state index < -0.39 is 23.7 Å². The average molecular weight is 418 g/mol. The van der Waals surface area contributed by atoms with Crippen molar-refractivity contribution >= 4 is 0 Å². The SMILES string of the molecule is CCCCC1CCC(C2CCC(c3cc(F)c(OC(F)(F)F)c(F)c3)CC2)CC1. The molecule has 0 amide bonds. The number of hydrogen-bond donors (Lipinski definition) is 0. The minimum Gasteiger partial charge on any atom is -0.399 e. The van der Waals surface area contributed by atoms with E-state index in [1.54, 1.807) is 0 Å². The number of hydrogen-bond acceptors (Lipinski definition) is 1. The van der Waals surface area contributed by atoms with Crippen molar-refractivity contribution in [3.05, 3.63) is 29.3 Å². The molecule has 0 N–H and O–H groups in total. The Morgan fingerprint density at radius 3 is 1.86 bits per heavy atom. The molecule has 0 bridgehead atoms. The number of halogens is 5. The number of unbranched alkanes of at least 4 members (excludes halogenated alkanes) is 1. The molecule has 0 spiro atoms. The molecular weight excluding hydrogens is 387 g/mol. The summed E-state index contributed by atoms with van der Waals surface area (Å²) in [5.41, 5.74) is 0.441. The van der Waals surface area contributed by atoms with Gasteiger partial charge in [-0.3, -0.25) is 0 Å². The van der Waals surface area contributed by atoms with Crippen molar-refractivity contribution < 1.29 is 26.7 Å². The molecule has 164 valence electrons. The van der Waals surface area contributed by atoms with E-state index in [1.807, 2.05) is 0 Å². The molecule has 0 atom stereocenters. The largest absolute Gasteiger partial charge is 0.573 e. The first-order chi connectivity index (χ1) is 13.8. The monoisotopic (exact) mass is 418 g/mol. The van der Waals surface area contributed by atoms with Crippen LogP contribution in [0.1, 0.15) is 89.0 Å². The third kappa shape index (κ3) is 6.08. The summed E-state index contributed by atoms with van der Waals surface area (Å²) < 4.78 is 68.5. The molecule has 1 aromatic rings. The predicted octanol–water partition coefficient (Wildman–Crippen LogP) is 8.13. The Balaban J connectivity index is 1.53. The van der Waals surface area contributed by atoms with Crippen LogP contribution < -0.4 is 4.74 Å². The first-order valence-electron chi connectivity index (χ1n) is 11.0. The molecule has 2 saturated carbocycles. The van der Waals surface area contributed by atoms with Crippen molar-refractivity contribution in [3.63, 3.8) is 0 Å². The fourth-order valence-corrected chi connectivity index (χ4v) is 5.39. The van der Waals surface area contributed by atoms with Gasteiger partial charge in [0, 0.05) is 0 Å². The van der Waals surface area contributed by atoms with Crippen LogP contribution in [0.3, 0.4) is 0 Å². The van der Waals surface area contributed by atoms with Crippen LogP contribution >= 0.6 is 0 Å². The van der Waals surface area contributed by atoms with E-state index in [-0.39, 0.29) is 5.92 Å². The van der Waals surface area contributed by atoms with Gasteiger partial charge >= 0.3 is 6.36 Å². The molecule has 0 unspecified atom stereocenters. The lowest BCUT2D eigenvalue weighted by molar-refractivity contribution is -0.276. The Kier molecular flexibility index (Phi) is 7.44. The van der Waals surface area contributed by atoms with Crippen molar-refractivity contribution in [2.24, 2.45) is 17.8 Å². The molecule has 2 aliphatic rings. The molecule has 6 heteroatoms. The highest BCUT2D eigenvalue weighted by molar-refractivity contribution is 5.33. The van der Waals surface area contributed by atoms with E-state index in [2.05, 4.69) is 11.7 Å².